The van der Waals surface area contributed by atoms with Gasteiger partial charge in [0, 0.05) is 17.5 Å². The van der Waals surface area contributed by atoms with Crippen molar-refractivity contribution >= 4 is 26.9 Å². The van der Waals surface area contributed by atoms with Crippen LogP contribution in [0, 0.1) is 0 Å². The van der Waals surface area contributed by atoms with Gasteiger partial charge in [0.25, 0.3) is 15.7 Å². The summed E-state index contributed by atoms with van der Waals surface area (Å²) in [6, 6.07) is 7.17. The molecule has 0 unspecified atom stereocenters. The molecule has 0 aliphatic heterocycles. The molecule has 0 spiro atoms. The zero-order chi connectivity index (χ0) is 17.6. The molecule has 0 fully saturated rings. The van der Waals surface area contributed by atoms with Gasteiger partial charge in [-0.2, -0.15) is 8.42 Å². The summed E-state index contributed by atoms with van der Waals surface area (Å²) in [5, 5.41) is 21.7. The highest BCUT2D eigenvalue weighted by Gasteiger charge is 2.15. The van der Waals surface area contributed by atoms with Crippen LogP contribution in [0.4, 0.5) is 0 Å². The number of aromatic carboxylic acids is 1. The van der Waals surface area contributed by atoms with Gasteiger partial charge >= 0.3 is 5.97 Å². The highest BCUT2D eigenvalue weighted by atomic mass is 32.2. The molecule has 0 atom stereocenters. The van der Waals surface area contributed by atoms with Gasteiger partial charge < -0.3 is 10.2 Å². The number of rotatable bonds is 3. The van der Waals surface area contributed by atoms with Crippen LogP contribution in [0.1, 0.15) is 10.5 Å². The first-order chi connectivity index (χ1) is 11.2. The van der Waals surface area contributed by atoms with Crippen LogP contribution in [-0.2, 0) is 10.1 Å². The molecule has 2 aromatic carbocycles. The number of aromatic nitrogens is 2. The van der Waals surface area contributed by atoms with Gasteiger partial charge in [0.1, 0.15) is 11.4 Å². The van der Waals surface area contributed by atoms with Gasteiger partial charge in [0.2, 0.25) is 0 Å². The molecular weight excluding hydrogens is 340 g/mol. The molecule has 0 aliphatic rings. The molecule has 0 bridgehead atoms. The van der Waals surface area contributed by atoms with E-state index in [9.17, 15) is 23.1 Å². The average Bonchev–Trinajstić information content (AvgIpc) is 2.88. The van der Waals surface area contributed by atoms with E-state index in [1.165, 1.54) is 18.2 Å². The first-order valence-electron chi connectivity index (χ1n) is 6.47. The van der Waals surface area contributed by atoms with Crippen LogP contribution in [0.2, 0.25) is 0 Å². The van der Waals surface area contributed by atoms with Crippen molar-refractivity contribution in [1.29, 1.82) is 0 Å². The van der Waals surface area contributed by atoms with E-state index in [-0.39, 0.29) is 22.5 Å². The highest BCUT2D eigenvalue weighted by molar-refractivity contribution is 7.85. The second-order valence-electron chi connectivity index (χ2n) is 4.97. The lowest BCUT2D eigenvalue weighted by molar-refractivity contribution is 0.0690. The molecule has 9 nitrogen and oxygen atoms in total. The van der Waals surface area contributed by atoms with Crippen molar-refractivity contribution in [3.05, 3.63) is 52.4 Å². The number of H-pyrrole nitrogens is 1. The average molecular weight is 350 g/mol. The van der Waals surface area contributed by atoms with Crippen LogP contribution in [0.15, 0.2) is 46.1 Å². The van der Waals surface area contributed by atoms with Crippen LogP contribution < -0.4 is 5.56 Å². The van der Waals surface area contributed by atoms with E-state index >= 15 is 0 Å². The molecule has 10 heteroatoms. The fourth-order valence-electron chi connectivity index (χ4n) is 2.30. The first-order valence-corrected chi connectivity index (χ1v) is 7.91. The van der Waals surface area contributed by atoms with Crippen LogP contribution in [0.5, 0.6) is 5.75 Å². The van der Waals surface area contributed by atoms with Crippen molar-refractivity contribution in [1.82, 2.24) is 9.78 Å². The quantitative estimate of drug-likeness (QED) is 0.514. The normalized spacial score (nSPS) is 11.7. The van der Waals surface area contributed by atoms with E-state index in [1.807, 2.05) is 0 Å². The van der Waals surface area contributed by atoms with Crippen molar-refractivity contribution < 1.29 is 28.0 Å². The lowest BCUT2D eigenvalue weighted by Crippen LogP contribution is -2.13. The molecule has 3 rings (SSSR count). The summed E-state index contributed by atoms with van der Waals surface area (Å²) in [7, 11) is -4.52. The lowest BCUT2D eigenvalue weighted by atomic mass is 10.1. The predicted octanol–water partition coefficient (Wildman–Crippen LogP) is 0.969. The zero-order valence-electron chi connectivity index (χ0n) is 11.8. The molecule has 4 N–H and O–H groups in total. The van der Waals surface area contributed by atoms with E-state index in [1.54, 1.807) is 0 Å². The van der Waals surface area contributed by atoms with Gasteiger partial charge in [-0.15, -0.1) is 0 Å². The van der Waals surface area contributed by atoms with Gasteiger partial charge in [-0.1, -0.05) is 0 Å². The van der Waals surface area contributed by atoms with Gasteiger partial charge in [0.15, 0.2) is 0 Å². The Balaban J connectivity index is 2.25. The number of phenols is 1. The Kier molecular flexibility index (Phi) is 3.43. The Hall–Kier alpha value is -3.11. The number of carbonyl (C=O) groups is 1. The number of carboxylic acid groups (broad SMARTS) is 1. The van der Waals surface area contributed by atoms with Crippen LogP contribution in [0.3, 0.4) is 0 Å². The fraction of sp³-hybridized carbons (Fsp3) is 0. The Morgan fingerprint density at radius 3 is 2.42 bits per heavy atom. The molecule has 0 amide bonds. The number of nitrogens with zero attached hydrogens (tertiary/aromatic N) is 1. The van der Waals surface area contributed by atoms with Crippen molar-refractivity contribution in [3.8, 4) is 11.4 Å². The third kappa shape index (κ3) is 2.64. The molecule has 124 valence electrons. The minimum atomic E-state index is -4.52. The number of hydrogen-bond acceptors (Lipinski definition) is 5. The van der Waals surface area contributed by atoms with E-state index in [2.05, 4.69) is 5.10 Å². The second kappa shape index (κ2) is 5.22. The Labute approximate surface area is 134 Å². The molecule has 24 heavy (non-hydrogen) atoms. The number of nitrogens with one attached hydrogen (secondary N) is 1. The fourth-order valence-corrected chi connectivity index (χ4v) is 2.83. The first kappa shape index (κ1) is 15.8. The Morgan fingerprint density at radius 2 is 1.83 bits per heavy atom. The number of phenolic OH excluding ortho intramolecular Hbond substituents is 1. The second-order valence-corrected chi connectivity index (χ2v) is 6.39. The van der Waals surface area contributed by atoms with E-state index in [4.69, 9.17) is 9.66 Å². The molecule has 1 heterocycles. The molecule has 0 saturated heterocycles. The zero-order valence-corrected chi connectivity index (χ0v) is 12.6. The maximum absolute atomic E-state index is 11.9. The minimum Gasteiger partial charge on any atom is -0.507 e. The maximum atomic E-state index is 11.9. The number of aromatic hydroxyl groups is 1. The predicted molar refractivity (Wildman–Crippen MR) is 82.3 cm³/mol. The third-order valence-corrected chi connectivity index (χ3v) is 4.23. The van der Waals surface area contributed by atoms with Crippen LogP contribution in [0.25, 0.3) is 16.5 Å². The van der Waals surface area contributed by atoms with Gasteiger partial charge in [-0.05, 0) is 29.7 Å². The van der Waals surface area contributed by atoms with E-state index < -0.39 is 26.5 Å². The van der Waals surface area contributed by atoms with Crippen LogP contribution >= 0.6 is 0 Å². The summed E-state index contributed by atoms with van der Waals surface area (Å²) in [6.45, 7) is 0. The summed E-state index contributed by atoms with van der Waals surface area (Å²) in [6.07, 6.45) is 0. The Bertz CT molecular complexity index is 1140. The molecule has 0 saturated carbocycles. The number of benzene rings is 2. The van der Waals surface area contributed by atoms with Crippen molar-refractivity contribution in [2.24, 2.45) is 0 Å². The molecular formula is C14H10N2O7S. The van der Waals surface area contributed by atoms with E-state index in [0.717, 1.165) is 22.9 Å². The summed E-state index contributed by atoms with van der Waals surface area (Å²) >= 11 is 0. The molecule has 0 aliphatic carbocycles. The smallest absolute Gasteiger partial charge is 0.353 e. The van der Waals surface area contributed by atoms with Gasteiger partial charge in [-0.25, -0.2) is 9.48 Å². The number of carboxylic acids is 1. The van der Waals surface area contributed by atoms with Gasteiger partial charge in [0.05, 0.1) is 10.6 Å². The third-order valence-electron chi connectivity index (χ3n) is 3.39. The molecule has 1 aromatic heterocycles. The number of hydrogen-bond donors (Lipinski definition) is 4. The summed E-state index contributed by atoms with van der Waals surface area (Å²) in [4.78, 5) is 22.3. The van der Waals surface area contributed by atoms with Crippen LogP contribution in [-0.4, -0.2) is 38.9 Å². The van der Waals surface area contributed by atoms with Crippen molar-refractivity contribution in [2.45, 2.75) is 4.90 Å². The standard InChI is InChI=1S/C14H10N2O7S/c17-12-5-9(24(21,22)23)4-7-3-8(1-2-10(7)12)16-13(18)6-11(15-16)14(19)20/h1-6,15,17H,(H,19,20)(H,21,22,23). The van der Waals surface area contributed by atoms with Gasteiger partial charge in [-0.3, -0.25) is 14.4 Å². The number of fused-ring (bicyclic) bond motifs is 1. The summed E-state index contributed by atoms with van der Waals surface area (Å²) < 4.78 is 32.5. The summed E-state index contributed by atoms with van der Waals surface area (Å²) in [5.41, 5.74) is -0.705. The summed E-state index contributed by atoms with van der Waals surface area (Å²) in [5.74, 6) is -1.67. The van der Waals surface area contributed by atoms with Crippen molar-refractivity contribution in [2.75, 3.05) is 0 Å². The topological polar surface area (TPSA) is 150 Å². The van der Waals surface area contributed by atoms with E-state index in [0.29, 0.717) is 5.39 Å². The largest absolute Gasteiger partial charge is 0.507 e. The maximum Gasteiger partial charge on any atom is 0.353 e. The molecule has 0 radical (unpaired) electrons. The van der Waals surface area contributed by atoms with Crippen molar-refractivity contribution in [3.63, 3.8) is 0 Å². The number of aromatic amines is 1. The lowest BCUT2D eigenvalue weighted by Gasteiger charge is -2.07. The Morgan fingerprint density at radius 1 is 1.12 bits per heavy atom. The SMILES string of the molecule is O=C(O)c1cc(=O)n(-c2ccc3c(O)cc(S(=O)(=O)O)cc3c2)[nH]1. The minimum absolute atomic E-state index is 0.229. The monoisotopic (exact) mass is 350 g/mol. The molecule has 3 aromatic rings. The highest BCUT2D eigenvalue weighted by Crippen LogP contribution is 2.29.